The van der Waals surface area contributed by atoms with Crippen molar-refractivity contribution in [1.82, 2.24) is 0 Å². The van der Waals surface area contributed by atoms with E-state index in [1.165, 1.54) is 0 Å². The van der Waals surface area contributed by atoms with Crippen molar-refractivity contribution >= 4 is 11.9 Å². The van der Waals surface area contributed by atoms with E-state index in [0.29, 0.717) is 19.8 Å². The highest BCUT2D eigenvalue weighted by molar-refractivity contribution is 5.80. The Morgan fingerprint density at radius 3 is 2.50 bits per heavy atom. The summed E-state index contributed by atoms with van der Waals surface area (Å²) >= 11 is 0. The van der Waals surface area contributed by atoms with E-state index in [9.17, 15) is 0 Å². The van der Waals surface area contributed by atoms with Crippen molar-refractivity contribution in [2.75, 3.05) is 25.2 Å². The van der Waals surface area contributed by atoms with Gasteiger partial charge in [0.1, 0.15) is 12.4 Å². The maximum atomic E-state index is 5.61. The fraction of sp³-hybridized carbons (Fsp3) is 0.235. The highest BCUT2D eigenvalue weighted by Crippen LogP contribution is 2.13. The topological polar surface area (TPSA) is 52.1 Å². The van der Waals surface area contributed by atoms with Gasteiger partial charge < -0.3 is 14.2 Å². The maximum absolute atomic E-state index is 5.61. The summed E-state index contributed by atoms with van der Waals surface area (Å²) in [7, 11) is 0. The molecule has 1 fully saturated rings. The summed E-state index contributed by atoms with van der Waals surface area (Å²) in [6.45, 7) is 1.68. The van der Waals surface area contributed by atoms with Crippen LogP contribution in [0.15, 0.2) is 59.7 Å². The molecule has 1 aliphatic rings. The van der Waals surface area contributed by atoms with Gasteiger partial charge in [-0.1, -0.05) is 18.2 Å². The fourth-order valence-corrected chi connectivity index (χ4v) is 2.01. The molecule has 5 nitrogen and oxygen atoms in total. The summed E-state index contributed by atoms with van der Waals surface area (Å²) in [5.74, 6) is 0.785. The molecule has 1 heterocycles. The molecule has 0 bridgehead atoms. The van der Waals surface area contributed by atoms with Gasteiger partial charge in [-0.2, -0.15) is 5.10 Å². The molecule has 5 heteroatoms. The second-order valence-corrected chi connectivity index (χ2v) is 4.79. The lowest BCUT2D eigenvalue weighted by Gasteiger charge is -2.10. The number of nitrogens with one attached hydrogen (secondary N) is 1. The van der Waals surface area contributed by atoms with E-state index in [0.717, 1.165) is 17.0 Å². The van der Waals surface area contributed by atoms with E-state index < -0.39 is 0 Å². The Labute approximate surface area is 129 Å². The molecule has 1 N–H and O–H groups in total. The number of para-hydroxylation sites is 1. The molecule has 0 radical (unpaired) electrons. The Hall–Kier alpha value is -2.37. The van der Waals surface area contributed by atoms with Gasteiger partial charge in [0.05, 0.1) is 25.1 Å². The van der Waals surface area contributed by atoms with Crippen LogP contribution in [0.2, 0.25) is 0 Å². The molecule has 0 unspecified atom stereocenters. The summed E-state index contributed by atoms with van der Waals surface area (Å²) in [6.07, 6.45) is 1.51. The number of anilines is 1. The molecule has 0 spiro atoms. The molecule has 0 amide bonds. The smallest absolute Gasteiger partial charge is 0.191 e. The molecule has 2 aromatic rings. The number of hydrogen-bond donors (Lipinski definition) is 1. The summed E-state index contributed by atoms with van der Waals surface area (Å²) in [5.41, 5.74) is 4.92. The molecular weight excluding hydrogens is 280 g/mol. The molecule has 1 saturated heterocycles. The second kappa shape index (κ2) is 7.59. The van der Waals surface area contributed by atoms with Crippen molar-refractivity contribution in [1.29, 1.82) is 0 Å². The molecule has 114 valence electrons. The zero-order valence-electron chi connectivity index (χ0n) is 12.1. The maximum Gasteiger partial charge on any atom is 0.191 e. The first-order valence-electron chi connectivity index (χ1n) is 7.20. The molecular formula is C17H18N2O3. The Balaban J connectivity index is 1.48. The molecule has 0 aliphatic carbocycles. The van der Waals surface area contributed by atoms with Crippen molar-refractivity contribution in [3.05, 3.63) is 60.2 Å². The predicted octanol–water partition coefficient (Wildman–Crippen LogP) is 2.88. The number of rotatable bonds is 6. The molecule has 22 heavy (non-hydrogen) atoms. The minimum absolute atomic E-state index is 0.253. The average Bonchev–Trinajstić information content (AvgIpc) is 3.09. The van der Waals surface area contributed by atoms with Crippen LogP contribution in [0.4, 0.5) is 5.69 Å². The zero-order chi connectivity index (χ0) is 15.0. The first-order chi connectivity index (χ1) is 10.9. The van der Waals surface area contributed by atoms with Gasteiger partial charge >= 0.3 is 0 Å². The zero-order valence-corrected chi connectivity index (χ0v) is 12.1. The Kier molecular flexibility index (Phi) is 5.02. The number of ether oxygens (including phenoxy) is 3. The average molecular weight is 298 g/mol. The van der Waals surface area contributed by atoms with Crippen LogP contribution in [0.1, 0.15) is 5.56 Å². The lowest BCUT2D eigenvalue weighted by molar-refractivity contribution is -0.0684. The quantitative estimate of drug-likeness (QED) is 0.658. The highest BCUT2D eigenvalue weighted by Gasteiger charge is 2.16. The molecule has 2 aromatic carbocycles. The van der Waals surface area contributed by atoms with Gasteiger partial charge in [0, 0.05) is 0 Å². The SMILES string of the molecule is C(=NNc1ccccc1)c1ccc(OCC2OCCO2)cc1. The van der Waals surface area contributed by atoms with Crippen molar-refractivity contribution < 1.29 is 14.2 Å². The van der Waals surface area contributed by atoms with E-state index in [2.05, 4.69) is 10.5 Å². The largest absolute Gasteiger partial charge is 0.488 e. The number of benzene rings is 2. The number of hydrogen-bond acceptors (Lipinski definition) is 5. The summed E-state index contributed by atoms with van der Waals surface area (Å²) < 4.78 is 16.2. The summed E-state index contributed by atoms with van der Waals surface area (Å²) in [5, 5.41) is 4.19. The third-order valence-electron chi connectivity index (χ3n) is 3.14. The normalized spacial score (nSPS) is 15.3. The monoisotopic (exact) mass is 298 g/mol. The van der Waals surface area contributed by atoms with Crippen LogP contribution in [0.5, 0.6) is 5.75 Å². The third-order valence-corrected chi connectivity index (χ3v) is 3.14. The van der Waals surface area contributed by atoms with Crippen LogP contribution >= 0.6 is 0 Å². The summed E-state index contributed by atoms with van der Waals surface area (Å²) in [6, 6.07) is 17.5. The Bertz CT molecular complexity index is 593. The van der Waals surface area contributed by atoms with Crippen molar-refractivity contribution in [3.63, 3.8) is 0 Å². The van der Waals surface area contributed by atoms with Crippen molar-refractivity contribution in [2.24, 2.45) is 5.10 Å². The third kappa shape index (κ3) is 4.31. The van der Waals surface area contributed by atoms with Gasteiger partial charge in [-0.25, -0.2) is 0 Å². The predicted molar refractivity (Wildman–Crippen MR) is 85.3 cm³/mol. The van der Waals surface area contributed by atoms with Gasteiger partial charge in [0.2, 0.25) is 0 Å². The summed E-state index contributed by atoms with van der Waals surface area (Å²) in [4.78, 5) is 0. The molecule has 3 rings (SSSR count). The van der Waals surface area contributed by atoms with E-state index in [1.807, 2.05) is 54.6 Å². The van der Waals surface area contributed by atoms with E-state index in [1.54, 1.807) is 6.21 Å². The van der Waals surface area contributed by atoms with Crippen molar-refractivity contribution in [2.45, 2.75) is 6.29 Å². The van der Waals surface area contributed by atoms with Crippen LogP contribution in [0, 0.1) is 0 Å². The van der Waals surface area contributed by atoms with Crippen molar-refractivity contribution in [3.8, 4) is 5.75 Å². The van der Waals surface area contributed by atoms with Gasteiger partial charge in [0.15, 0.2) is 6.29 Å². The standard InChI is InChI=1S/C17H18N2O3/c1-2-4-15(5-3-1)19-18-12-14-6-8-16(9-7-14)22-13-17-20-10-11-21-17/h1-9,12,17,19H,10-11,13H2. The fourth-order valence-electron chi connectivity index (χ4n) is 2.01. The van der Waals surface area contributed by atoms with Crippen LogP contribution in [0.3, 0.4) is 0 Å². The van der Waals surface area contributed by atoms with Gasteiger partial charge in [-0.3, -0.25) is 5.43 Å². The lowest BCUT2D eigenvalue weighted by Crippen LogP contribution is -2.18. The first-order valence-corrected chi connectivity index (χ1v) is 7.20. The lowest BCUT2D eigenvalue weighted by atomic mass is 10.2. The molecule has 0 aromatic heterocycles. The van der Waals surface area contributed by atoms with Gasteiger partial charge in [-0.05, 0) is 42.0 Å². The Morgan fingerprint density at radius 2 is 1.77 bits per heavy atom. The van der Waals surface area contributed by atoms with Crippen LogP contribution < -0.4 is 10.2 Å². The second-order valence-electron chi connectivity index (χ2n) is 4.79. The molecule has 1 aliphatic heterocycles. The minimum atomic E-state index is -0.253. The minimum Gasteiger partial charge on any atom is -0.488 e. The highest BCUT2D eigenvalue weighted by atomic mass is 16.7. The Morgan fingerprint density at radius 1 is 1.05 bits per heavy atom. The first kappa shape index (κ1) is 14.6. The van der Waals surface area contributed by atoms with Crippen LogP contribution in [-0.2, 0) is 9.47 Å². The van der Waals surface area contributed by atoms with E-state index in [-0.39, 0.29) is 6.29 Å². The van der Waals surface area contributed by atoms with Gasteiger partial charge in [-0.15, -0.1) is 0 Å². The number of nitrogens with zero attached hydrogens (tertiary/aromatic N) is 1. The number of hydrazone groups is 1. The van der Waals surface area contributed by atoms with Crippen LogP contribution in [0.25, 0.3) is 0 Å². The van der Waals surface area contributed by atoms with E-state index >= 15 is 0 Å². The van der Waals surface area contributed by atoms with E-state index in [4.69, 9.17) is 14.2 Å². The van der Waals surface area contributed by atoms with Crippen LogP contribution in [-0.4, -0.2) is 32.3 Å². The van der Waals surface area contributed by atoms with Gasteiger partial charge in [0.25, 0.3) is 0 Å². The molecule has 0 atom stereocenters. The molecule has 0 saturated carbocycles.